The van der Waals surface area contributed by atoms with E-state index >= 15 is 0 Å². The van der Waals surface area contributed by atoms with Crippen LogP contribution in [0.15, 0.2) is 0 Å². The van der Waals surface area contributed by atoms with E-state index in [0.717, 1.165) is 6.42 Å². The van der Waals surface area contributed by atoms with Gasteiger partial charge in [0, 0.05) is 19.0 Å². The lowest BCUT2D eigenvalue weighted by Crippen LogP contribution is -2.37. The van der Waals surface area contributed by atoms with E-state index < -0.39 is 0 Å². The molecule has 0 aromatic rings. The zero-order valence-corrected chi connectivity index (χ0v) is 12.3. The van der Waals surface area contributed by atoms with Gasteiger partial charge in [0.05, 0.1) is 0 Å². The van der Waals surface area contributed by atoms with Crippen molar-refractivity contribution in [2.45, 2.75) is 84.1 Å². The van der Waals surface area contributed by atoms with E-state index in [4.69, 9.17) is 5.73 Å². The van der Waals surface area contributed by atoms with Crippen molar-refractivity contribution in [1.82, 2.24) is 5.32 Å². The van der Waals surface area contributed by atoms with Gasteiger partial charge in [-0.25, -0.2) is 0 Å². The van der Waals surface area contributed by atoms with Crippen LogP contribution in [0.5, 0.6) is 0 Å². The summed E-state index contributed by atoms with van der Waals surface area (Å²) >= 11 is 0. The molecule has 108 valence electrons. The lowest BCUT2D eigenvalue weighted by atomic mass is 10.1. The maximum absolute atomic E-state index is 11.5. The SMILES string of the molecule is CCCCCCCCCCCC(=O)NC(C)CN. The van der Waals surface area contributed by atoms with E-state index in [2.05, 4.69) is 12.2 Å². The molecule has 0 aromatic heterocycles. The number of nitrogens with one attached hydrogen (secondary N) is 1. The number of hydrogen-bond acceptors (Lipinski definition) is 2. The van der Waals surface area contributed by atoms with E-state index in [9.17, 15) is 4.79 Å². The average Bonchev–Trinajstić information content (AvgIpc) is 2.36. The van der Waals surface area contributed by atoms with Crippen molar-refractivity contribution >= 4 is 5.91 Å². The van der Waals surface area contributed by atoms with Gasteiger partial charge in [-0.1, -0.05) is 58.3 Å². The highest BCUT2D eigenvalue weighted by molar-refractivity contribution is 5.76. The van der Waals surface area contributed by atoms with Crippen LogP contribution in [0.3, 0.4) is 0 Å². The largest absolute Gasteiger partial charge is 0.352 e. The molecule has 3 heteroatoms. The molecule has 0 aromatic carbocycles. The Morgan fingerprint density at radius 2 is 1.50 bits per heavy atom. The molecule has 3 nitrogen and oxygen atoms in total. The first-order valence-electron chi connectivity index (χ1n) is 7.70. The minimum Gasteiger partial charge on any atom is -0.352 e. The fraction of sp³-hybridized carbons (Fsp3) is 0.933. The molecule has 18 heavy (non-hydrogen) atoms. The van der Waals surface area contributed by atoms with E-state index in [1.807, 2.05) is 6.92 Å². The molecule has 0 aliphatic heterocycles. The average molecular weight is 256 g/mol. The molecule has 0 aliphatic carbocycles. The van der Waals surface area contributed by atoms with Gasteiger partial charge in [-0.3, -0.25) is 4.79 Å². The predicted molar refractivity (Wildman–Crippen MR) is 78.5 cm³/mol. The molecule has 0 radical (unpaired) electrons. The Morgan fingerprint density at radius 3 is 2.00 bits per heavy atom. The summed E-state index contributed by atoms with van der Waals surface area (Å²) in [6, 6.07) is 0.107. The van der Waals surface area contributed by atoms with Crippen LogP contribution in [0.1, 0.15) is 78.1 Å². The maximum atomic E-state index is 11.5. The Labute approximate surface area is 113 Å². The second-order valence-corrected chi connectivity index (χ2v) is 5.28. The number of rotatable bonds is 12. The Kier molecular flexibility index (Phi) is 12.5. The Bertz CT molecular complexity index is 195. The van der Waals surface area contributed by atoms with Gasteiger partial charge in [0.25, 0.3) is 0 Å². The molecule has 0 aliphatic rings. The van der Waals surface area contributed by atoms with Gasteiger partial charge < -0.3 is 11.1 Å². The lowest BCUT2D eigenvalue weighted by Gasteiger charge is -2.10. The minimum absolute atomic E-state index is 0.107. The van der Waals surface area contributed by atoms with E-state index in [1.54, 1.807) is 0 Å². The summed E-state index contributed by atoms with van der Waals surface area (Å²) < 4.78 is 0. The second kappa shape index (κ2) is 12.9. The number of carbonyl (C=O) groups excluding carboxylic acids is 1. The van der Waals surface area contributed by atoms with Crippen LogP contribution in [-0.2, 0) is 4.79 Å². The van der Waals surface area contributed by atoms with Crippen LogP contribution in [0.25, 0.3) is 0 Å². The summed E-state index contributed by atoms with van der Waals surface area (Å²) in [6.45, 7) is 4.70. The van der Waals surface area contributed by atoms with Gasteiger partial charge in [0.1, 0.15) is 0 Å². The Balaban J connectivity index is 3.17. The van der Waals surface area contributed by atoms with Crippen LogP contribution in [0.2, 0.25) is 0 Å². The van der Waals surface area contributed by atoms with Crippen LogP contribution in [0.4, 0.5) is 0 Å². The van der Waals surface area contributed by atoms with Gasteiger partial charge in [-0.2, -0.15) is 0 Å². The molecule has 1 amide bonds. The van der Waals surface area contributed by atoms with E-state index in [-0.39, 0.29) is 11.9 Å². The quantitative estimate of drug-likeness (QED) is 0.526. The third kappa shape index (κ3) is 11.9. The van der Waals surface area contributed by atoms with E-state index in [0.29, 0.717) is 13.0 Å². The zero-order chi connectivity index (χ0) is 13.6. The summed E-state index contributed by atoms with van der Waals surface area (Å²) in [5, 5.41) is 2.89. The molecule has 0 fully saturated rings. The third-order valence-corrected chi connectivity index (χ3v) is 3.27. The van der Waals surface area contributed by atoms with Crippen molar-refractivity contribution in [1.29, 1.82) is 0 Å². The fourth-order valence-electron chi connectivity index (χ4n) is 2.00. The number of unbranched alkanes of at least 4 members (excludes halogenated alkanes) is 8. The van der Waals surface area contributed by atoms with Crippen molar-refractivity contribution < 1.29 is 4.79 Å². The second-order valence-electron chi connectivity index (χ2n) is 5.28. The molecule has 0 bridgehead atoms. The summed E-state index contributed by atoms with van der Waals surface area (Å²) in [4.78, 5) is 11.5. The highest BCUT2D eigenvalue weighted by Crippen LogP contribution is 2.10. The number of carbonyl (C=O) groups is 1. The first-order chi connectivity index (χ1) is 8.70. The normalized spacial score (nSPS) is 12.4. The van der Waals surface area contributed by atoms with Gasteiger partial charge in [-0.15, -0.1) is 0 Å². The van der Waals surface area contributed by atoms with Crippen LogP contribution in [-0.4, -0.2) is 18.5 Å². The van der Waals surface area contributed by atoms with Crippen molar-refractivity contribution in [3.8, 4) is 0 Å². The summed E-state index contributed by atoms with van der Waals surface area (Å²) in [6.07, 6.45) is 12.2. The first-order valence-corrected chi connectivity index (χ1v) is 7.70. The first kappa shape index (κ1) is 17.4. The van der Waals surface area contributed by atoms with Gasteiger partial charge >= 0.3 is 0 Å². The topological polar surface area (TPSA) is 55.1 Å². The molecule has 1 atom stereocenters. The summed E-state index contributed by atoms with van der Waals surface area (Å²) in [7, 11) is 0. The maximum Gasteiger partial charge on any atom is 0.220 e. The van der Waals surface area contributed by atoms with Crippen molar-refractivity contribution in [3.63, 3.8) is 0 Å². The van der Waals surface area contributed by atoms with Crippen LogP contribution < -0.4 is 11.1 Å². The molecule has 0 heterocycles. The Hall–Kier alpha value is -0.570. The Morgan fingerprint density at radius 1 is 1.00 bits per heavy atom. The third-order valence-electron chi connectivity index (χ3n) is 3.27. The fourth-order valence-corrected chi connectivity index (χ4v) is 2.00. The molecule has 0 spiro atoms. The molecular formula is C15H32N2O. The molecule has 0 saturated heterocycles. The lowest BCUT2D eigenvalue weighted by molar-refractivity contribution is -0.121. The molecule has 0 saturated carbocycles. The summed E-state index contributed by atoms with van der Waals surface area (Å²) in [5.74, 6) is 0.149. The van der Waals surface area contributed by atoms with E-state index in [1.165, 1.54) is 51.4 Å². The van der Waals surface area contributed by atoms with Crippen molar-refractivity contribution in [2.75, 3.05) is 6.54 Å². The number of amides is 1. The smallest absolute Gasteiger partial charge is 0.220 e. The summed E-state index contributed by atoms with van der Waals surface area (Å²) in [5.41, 5.74) is 5.45. The highest BCUT2D eigenvalue weighted by Gasteiger charge is 2.04. The molecule has 1 unspecified atom stereocenters. The van der Waals surface area contributed by atoms with Gasteiger partial charge in [0.15, 0.2) is 0 Å². The monoisotopic (exact) mass is 256 g/mol. The van der Waals surface area contributed by atoms with Gasteiger partial charge in [0.2, 0.25) is 5.91 Å². The van der Waals surface area contributed by atoms with Crippen molar-refractivity contribution in [3.05, 3.63) is 0 Å². The molecule has 3 N–H and O–H groups in total. The van der Waals surface area contributed by atoms with Crippen molar-refractivity contribution in [2.24, 2.45) is 5.73 Å². The van der Waals surface area contributed by atoms with Crippen LogP contribution in [0, 0.1) is 0 Å². The zero-order valence-electron chi connectivity index (χ0n) is 12.3. The molecular weight excluding hydrogens is 224 g/mol. The van der Waals surface area contributed by atoms with Crippen LogP contribution >= 0.6 is 0 Å². The van der Waals surface area contributed by atoms with Gasteiger partial charge in [-0.05, 0) is 13.3 Å². The predicted octanol–water partition coefficient (Wildman–Crippen LogP) is 3.37. The molecule has 0 rings (SSSR count). The standard InChI is InChI=1S/C15H32N2O/c1-3-4-5-6-7-8-9-10-11-12-15(18)17-14(2)13-16/h14H,3-13,16H2,1-2H3,(H,17,18). The number of nitrogens with two attached hydrogens (primary N) is 1. The number of hydrogen-bond donors (Lipinski definition) is 2. The highest BCUT2D eigenvalue weighted by atomic mass is 16.1. The minimum atomic E-state index is 0.107.